The van der Waals surface area contributed by atoms with Gasteiger partial charge in [0, 0.05) is 13.0 Å². The van der Waals surface area contributed by atoms with E-state index in [1.165, 1.54) is 0 Å². The number of amides is 1. The molecule has 1 amide bonds. The molecule has 0 bridgehead atoms. The van der Waals surface area contributed by atoms with Crippen molar-refractivity contribution < 1.29 is 19.1 Å². The summed E-state index contributed by atoms with van der Waals surface area (Å²) in [4.78, 5) is 21.9. The Kier molecular flexibility index (Phi) is 6.67. The highest BCUT2D eigenvalue weighted by Gasteiger charge is 2.09. The Morgan fingerprint density at radius 3 is 2.58 bits per heavy atom. The van der Waals surface area contributed by atoms with E-state index in [9.17, 15) is 9.59 Å². The largest absolute Gasteiger partial charge is 0.481 e. The van der Waals surface area contributed by atoms with Crippen LogP contribution < -0.4 is 11.1 Å². The van der Waals surface area contributed by atoms with Gasteiger partial charge in [0.2, 0.25) is 0 Å². The molecular weight excluding hydrogens is 248 g/mol. The zero-order chi connectivity index (χ0) is 14.1. The van der Waals surface area contributed by atoms with E-state index in [2.05, 4.69) is 5.32 Å². The van der Waals surface area contributed by atoms with Crippen LogP contribution in [0, 0.1) is 0 Å². The quantitative estimate of drug-likeness (QED) is 0.588. The summed E-state index contributed by atoms with van der Waals surface area (Å²) in [6.45, 7) is 0.835. The number of hydrogen-bond acceptors (Lipinski definition) is 4. The Labute approximate surface area is 112 Å². The van der Waals surface area contributed by atoms with Crippen molar-refractivity contribution in [3.8, 4) is 0 Å². The van der Waals surface area contributed by atoms with Gasteiger partial charge in [0.1, 0.15) is 5.76 Å². The Bertz CT molecular complexity index is 415. The molecule has 0 unspecified atom stereocenters. The van der Waals surface area contributed by atoms with Gasteiger partial charge >= 0.3 is 5.97 Å². The number of carbonyl (C=O) groups excluding carboxylic acids is 1. The normalized spacial score (nSPS) is 10.4. The van der Waals surface area contributed by atoms with E-state index in [-0.39, 0.29) is 24.6 Å². The Balaban J connectivity index is 2.09. The van der Waals surface area contributed by atoms with Crippen LogP contribution in [-0.2, 0) is 11.3 Å². The number of rotatable bonds is 9. The predicted molar refractivity (Wildman–Crippen MR) is 69.7 cm³/mol. The molecule has 19 heavy (non-hydrogen) atoms. The second-order valence-electron chi connectivity index (χ2n) is 4.28. The van der Waals surface area contributed by atoms with Crippen LogP contribution in [0.4, 0.5) is 0 Å². The Morgan fingerprint density at radius 1 is 1.21 bits per heavy atom. The van der Waals surface area contributed by atoms with Crippen LogP contribution in [0.3, 0.4) is 0 Å². The molecule has 0 radical (unpaired) electrons. The molecule has 1 aromatic rings. The zero-order valence-electron chi connectivity index (χ0n) is 10.9. The first-order valence-electron chi connectivity index (χ1n) is 6.42. The lowest BCUT2D eigenvalue weighted by Crippen LogP contribution is -2.23. The lowest BCUT2D eigenvalue weighted by atomic mass is 10.1. The van der Waals surface area contributed by atoms with Gasteiger partial charge in [-0.25, -0.2) is 0 Å². The average Bonchev–Trinajstić information content (AvgIpc) is 2.85. The summed E-state index contributed by atoms with van der Waals surface area (Å²) >= 11 is 0. The summed E-state index contributed by atoms with van der Waals surface area (Å²) in [5.74, 6) is -0.155. The summed E-state index contributed by atoms with van der Waals surface area (Å²) in [5.41, 5.74) is 5.39. The van der Waals surface area contributed by atoms with E-state index < -0.39 is 5.97 Å². The molecule has 0 aliphatic rings. The first kappa shape index (κ1) is 15.2. The number of nitrogens with one attached hydrogen (secondary N) is 1. The fraction of sp³-hybridized carbons (Fsp3) is 0.538. The SMILES string of the molecule is NCc1ccc(C(=O)NCCCCCCC(=O)O)o1. The Morgan fingerprint density at radius 2 is 1.95 bits per heavy atom. The van der Waals surface area contributed by atoms with Gasteiger partial charge in [-0.15, -0.1) is 0 Å². The predicted octanol–water partition coefficient (Wildman–Crippen LogP) is 1.50. The third kappa shape index (κ3) is 6.05. The molecule has 0 aromatic carbocycles. The van der Waals surface area contributed by atoms with Gasteiger partial charge in [0.15, 0.2) is 5.76 Å². The average molecular weight is 268 g/mol. The van der Waals surface area contributed by atoms with Gasteiger partial charge in [0.05, 0.1) is 6.54 Å². The van der Waals surface area contributed by atoms with Gasteiger partial charge in [0.25, 0.3) is 5.91 Å². The molecule has 106 valence electrons. The van der Waals surface area contributed by atoms with Crippen molar-refractivity contribution in [2.45, 2.75) is 38.6 Å². The summed E-state index contributed by atoms with van der Waals surface area (Å²) < 4.78 is 5.21. The van der Waals surface area contributed by atoms with E-state index in [0.717, 1.165) is 19.3 Å². The molecule has 0 aliphatic carbocycles. The molecule has 0 fully saturated rings. The summed E-state index contributed by atoms with van der Waals surface area (Å²) in [5, 5.41) is 11.2. The van der Waals surface area contributed by atoms with Gasteiger partial charge in [-0.1, -0.05) is 12.8 Å². The number of aliphatic carboxylic acids is 1. The molecule has 0 aliphatic heterocycles. The summed E-state index contributed by atoms with van der Waals surface area (Å²) in [6.07, 6.45) is 3.48. The molecule has 0 atom stereocenters. The fourth-order valence-electron chi connectivity index (χ4n) is 1.65. The molecule has 1 aromatic heterocycles. The number of carboxylic acids is 1. The molecule has 0 saturated heterocycles. The maximum absolute atomic E-state index is 11.6. The van der Waals surface area contributed by atoms with Gasteiger partial charge in [-0.05, 0) is 25.0 Å². The minimum Gasteiger partial charge on any atom is -0.481 e. The first-order chi connectivity index (χ1) is 9.13. The zero-order valence-corrected chi connectivity index (χ0v) is 10.9. The van der Waals surface area contributed by atoms with E-state index in [0.29, 0.717) is 18.7 Å². The first-order valence-corrected chi connectivity index (χ1v) is 6.42. The third-order valence-electron chi connectivity index (χ3n) is 2.69. The number of hydrogen-bond donors (Lipinski definition) is 3. The standard InChI is InChI=1S/C13H20N2O4/c14-9-10-6-7-11(19-10)13(18)15-8-4-2-1-3-5-12(16)17/h6-7H,1-5,8-9,14H2,(H,15,18)(H,16,17). The summed E-state index contributed by atoms with van der Waals surface area (Å²) in [6, 6.07) is 3.28. The highest BCUT2D eigenvalue weighted by atomic mass is 16.4. The van der Waals surface area contributed by atoms with Crippen LogP contribution >= 0.6 is 0 Å². The molecule has 0 saturated carbocycles. The van der Waals surface area contributed by atoms with E-state index >= 15 is 0 Å². The molecule has 1 rings (SSSR count). The number of nitrogens with two attached hydrogens (primary N) is 1. The third-order valence-corrected chi connectivity index (χ3v) is 2.69. The number of unbranched alkanes of at least 4 members (excludes halogenated alkanes) is 3. The topological polar surface area (TPSA) is 106 Å². The van der Waals surface area contributed by atoms with Crippen molar-refractivity contribution in [3.63, 3.8) is 0 Å². The number of furan rings is 1. The maximum Gasteiger partial charge on any atom is 0.303 e. The minimum absolute atomic E-state index is 0.209. The van der Waals surface area contributed by atoms with Crippen LogP contribution in [-0.4, -0.2) is 23.5 Å². The van der Waals surface area contributed by atoms with Gasteiger partial charge in [-0.2, -0.15) is 0 Å². The second kappa shape index (κ2) is 8.31. The molecule has 6 heteroatoms. The number of carbonyl (C=O) groups is 2. The minimum atomic E-state index is -0.762. The molecule has 0 spiro atoms. The van der Waals surface area contributed by atoms with Crippen molar-refractivity contribution in [1.82, 2.24) is 5.32 Å². The molecule has 1 heterocycles. The van der Waals surface area contributed by atoms with Crippen molar-refractivity contribution in [2.75, 3.05) is 6.54 Å². The van der Waals surface area contributed by atoms with Crippen molar-refractivity contribution >= 4 is 11.9 Å². The van der Waals surface area contributed by atoms with Gasteiger partial charge < -0.3 is 20.6 Å². The van der Waals surface area contributed by atoms with E-state index in [4.69, 9.17) is 15.3 Å². The van der Waals surface area contributed by atoms with E-state index in [1.54, 1.807) is 12.1 Å². The van der Waals surface area contributed by atoms with E-state index in [1.807, 2.05) is 0 Å². The van der Waals surface area contributed by atoms with Crippen molar-refractivity contribution in [1.29, 1.82) is 0 Å². The Hall–Kier alpha value is -1.82. The van der Waals surface area contributed by atoms with Crippen LogP contribution in [0.15, 0.2) is 16.5 Å². The highest BCUT2D eigenvalue weighted by molar-refractivity contribution is 5.91. The lowest BCUT2D eigenvalue weighted by Gasteiger charge is -2.03. The van der Waals surface area contributed by atoms with Crippen LogP contribution in [0.1, 0.15) is 48.4 Å². The fourth-order valence-corrected chi connectivity index (χ4v) is 1.65. The van der Waals surface area contributed by atoms with Crippen LogP contribution in [0.5, 0.6) is 0 Å². The second-order valence-corrected chi connectivity index (χ2v) is 4.28. The van der Waals surface area contributed by atoms with Crippen LogP contribution in [0.25, 0.3) is 0 Å². The summed E-state index contributed by atoms with van der Waals surface area (Å²) in [7, 11) is 0. The maximum atomic E-state index is 11.6. The molecule has 6 nitrogen and oxygen atoms in total. The van der Waals surface area contributed by atoms with Gasteiger partial charge in [-0.3, -0.25) is 9.59 Å². The smallest absolute Gasteiger partial charge is 0.303 e. The van der Waals surface area contributed by atoms with Crippen molar-refractivity contribution in [3.05, 3.63) is 23.7 Å². The number of carboxylic acid groups (broad SMARTS) is 1. The highest BCUT2D eigenvalue weighted by Crippen LogP contribution is 2.07. The van der Waals surface area contributed by atoms with Crippen molar-refractivity contribution in [2.24, 2.45) is 5.73 Å². The molecular formula is C13H20N2O4. The molecule has 4 N–H and O–H groups in total. The lowest BCUT2D eigenvalue weighted by molar-refractivity contribution is -0.137. The monoisotopic (exact) mass is 268 g/mol. The van der Waals surface area contributed by atoms with Crippen LogP contribution in [0.2, 0.25) is 0 Å².